The second-order valence-electron chi connectivity index (χ2n) is 6.19. The molecule has 0 saturated carbocycles. The van der Waals surface area contributed by atoms with E-state index in [1.807, 2.05) is 23.6 Å². The largest absolute Gasteiger partial charge is 0.339 e. The van der Waals surface area contributed by atoms with Crippen molar-refractivity contribution >= 4 is 11.8 Å². The number of halogens is 1. The minimum absolute atomic E-state index is 0.108. The summed E-state index contributed by atoms with van der Waals surface area (Å²) in [4.78, 5) is 28.1. The van der Waals surface area contributed by atoms with Gasteiger partial charge in [0, 0.05) is 38.5 Å². The molecule has 1 unspecified atom stereocenters. The van der Waals surface area contributed by atoms with Gasteiger partial charge >= 0.3 is 0 Å². The summed E-state index contributed by atoms with van der Waals surface area (Å²) in [6.07, 6.45) is 2.04. The Hall–Kier alpha value is -1.91. The lowest BCUT2D eigenvalue weighted by molar-refractivity contribution is -0.141. The molecule has 0 bridgehead atoms. The molecule has 1 aromatic rings. The number of piperazine rings is 1. The van der Waals surface area contributed by atoms with Gasteiger partial charge in [0.1, 0.15) is 5.82 Å². The Labute approximate surface area is 137 Å². The average Bonchev–Trinajstić information content (AvgIpc) is 2.56. The summed E-state index contributed by atoms with van der Waals surface area (Å²) in [5.74, 6) is -0.116. The molecule has 0 radical (unpaired) electrons. The minimum Gasteiger partial charge on any atom is -0.339 e. The van der Waals surface area contributed by atoms with Crippen LogP contribution in [-0.2, 0) is 16.0 Å². The Bertz CT molecular complexity index is 536. The van der Waals surface area contributed by atoms with E-state index in [-0.39, 0.29) is 23.5 Å². The van der Waals surface area contributed by atoms with Crippen LogP contribution in [0.15, 0.2) is 24.3 Å². The van der Waals surface area contributed by atoms with Gasteiger partial charge in [-0.15, -0.1) is 0 Å². The number of benzene rings is 1. The van der Waals surface area contributed by atoms with Gasteiger partial charge in [-0.05, 0) is 30.5 Å². The highest BCUT2D eigenvalue weighted by molar-refractivity contribution is 5.80. The first kappa shape index (κ1) is 17.4. The molecule has 1 saturated heterocycles. The van der Waals surface area contributed by atoms with Crippen LogP contribution in [0.3, 0.4) is 0 Å². The van der Waals surface area contributed by atoms with Gasteiger partial charge < -0.3 is 9.80 Å². The van der Waals surface area contributed by atoms with Gasteiger partial charge in [0.25, 0.3) is 0 Å². The Morgan fingerprint density at radius 1 is 1.09 bits per heavy atom. The van der Waals surface area contributed by atoms with Crippen LogP contribution in [0.25, 0.3) is 0 Å². The predicted octanol–water partition coefficient (Wildman–Crippen LogP) is 2.48. The molecule has 0 N–H and O–H groups in total. The molecule has 0 aromatic heterocycles. The third-order valence-electron chi connectivity index (χ3n) is 4.28. The van der Waals surface area contributed by atoms with Crippen LogP contribution in [-0.4, -0.2) is 47.8 Å². The fourth-order valence-electron chi connectivity index (χ4n) is 2.92. The molecule has 5 heteroatoms. The van der Waals surface area contributed by atoms with Crippen LogP contribution in [0.4, 0.5) is 4.39 Å². The molecule has 23 heavy (non-hydrogen) atoms. The molecule has 1 atom stereocenters. The van der Waals surface area contributed by atoms with Crippen LogP contribution in [0.5, 0.6) is 0 Å². The van der Waals surface area contributed by atoms with Gasteiger partial charge in [-0.3, -0.25) is 9.59 Å². The van der Waals surface area contributed by atoms with Gasteiger partial charge in [-0.1, -0.05) is 26.0 Å². The summed E-state index contributed by atoms with van der Waals surface area (Å²) < 4.78 is 12.9. The molecule has 2 amide bonds. The van der Waals surface area contributed by atoms with Crippen molar-refractivity contribution in [1.29, 1.82) is 0 Å². The average molecular weight is 320 g/mol. The van der Waals surface area contributed by atoms with E-state index in [0.29, 0.717) is 39.0 Å². The summed E-state index contributed by atoms with van der Waals surface area (Å²) in [5.41, 5.74) is 0.962. The number of carbonyl (C=O) groups is 2. The number of hydrogen-bond acceptors (Lipinski definition) is 2. The van der Waals surface area contributed by atoms with Gasteiger partial charge in [0.15, 0.2) is 0 Å². The minimum atomic E-state index is -0.263. The number of nitrogens with zero attached hydrogens (tertiary/aromatic N) is 2. The van der Waals surface area contributed by atoms with Crippen molar-refractivity contribution in [1.82, 2.24) is 9.80 Å². The molecule has 2 rings (SSSR count). The zero-order valence-corrected chi connectivity index (χ0v) is 13.9. The number of rotatable bonds is 5. The molecular weight excluding hydrogens is 295 g/mol. The number of hydrogen-bond donors (Lipinski definition) is 0. The maximum absolute atomic E-state index is 12.9. The molecule has 1 aromatic carbocycles. The second-order valence-corrected chi connectivity index (χ2v) is 6.19. The molecule has 0 aliphatic carbocycles. The molecule has 1 aliphatic rings. The Morgan fingerprint density at radius 2 is 1.65 bits per heavy atom. The monoisotopic (exact) mass is 320 g/mol. The van der Waals surface area contributed by atoms with E-state index in [4.69, 9.17) is 0 Å². The lowest BCUT2D eigenvalue weighted by atomic mass is 9.99. The summed E-state index contributed by atoms with van der Waals surface area (Å²) in [6, 6.07) is 6.29. The Balaban J connectivity index is 1.84. The Kier molecular flexibility index (Phi) is 6.13. The lowest BCUT2D eigenvalue weighted by Gasteiger charge is -2.36. The number of carbonyl (C=O) groups excluding carboxylic acids is 2. The van der Waals surface area contributed by atoms with E-state index < -0.39 is 0 Å². The highest BCUT2D eigenvalue weighted by Crippen LogP contribution is 2.14. The third-order valence-corrected chi connectivity index (χ3v) is 4.28. The van der Waals surface area contributed by atoms with E-state index in [9.17, 15) is 14.0 Å². The van der Waals surface area contributed by atoms with Crippen LogP contribution < -0.4 is 0 Å². The molecule has 1 fully saturated rings. The quantitative estimate of drug-likeness (QED) is 0.836. The summed E-state index contributed by atoms with van der Waals surface area (Å²) in [5, 5.41) is 0. The SMILES string of the molecule is CCCC(=O)N1CCN(C(=O)C(C)Cc2ccc(F)cc2)CC1. The maximum atomic E-state index is 12.9. The van der Waals surface area contributed by atoms with Crippen molar-refractivity contribution in [3.63, 3.8) is 0 Å². The highest BCUT2D eigenvalue weighted by Gasteiger charge is 2.26. The van der Waals surface area contributed by atoms with Crippen LogP contribution in [0.2, 0.25) is 0 Å². The Morgan fingerprint density at radius 3 is 2.22 bits per heavy atom. The van der Waals surface area contributed by atoms with Crippen molar-refractivity contribution in [2.24, 2.45) is 5.92 Å². The predicted molar refractivity (Wildman–Crippen MR) is 87.3 cm³/mol. The van der Waals surface area contributed by atoms with Crippen molar-refractivity contribution in [3.05, 3.63) is 35.6 Å². The van der Waals surface area contributed by atoms with E-state index in [1.54, 1.807) is 12.1 Å². The third kappa shape index (κ3) is 4.78. The van der Waals surface area contributed by atoms with E-state index in [2.05, 4.69) is 0 Å². The molecule has 0 spiro atoms. The van der Waals surface area contributed by atoms with E-state index in [0.717, 1.165) is 12.0 Å². The molecular formula is C18H25FN2O2. The van der Waals surface area contributed by atoms with Crippen LogP contribution in [0.1, 0.15) is 32.3 Å². The maximum Gasteiger partial charge on any atom is 0.225 e. The first-order valence-corrected chi connectivity index (χ1v) is 8.32. The molecule has 126 valence electrons. The molecule has 1 heterocycles. The van der Waals surface area contributed by atoms with Gasteiger partial charge in [0.2, 0.25) is 11.8 Å². The first-order valence-electron chi connectivity index (χ1n) is 8.32. The summed E-state index contributed by atoms with van der Waals surface area (Å²) in [7, 11) is 0. The summed E-state index contributed by atoms with van der Waals surface area (Å²) >= 11 is 0. The van der Waals surface area contributed by atoms with Crippen molar-refractivity contribution in [3.8, 4) is 0 Å². The van der Waals surface area contributed by atoms with Crippen molar-refractivity contribution in [2.75, 3.05) is 26.2 Å². The summed E-state index contributed by atoms with van der Waals surface area (Å²) in [6.45, 7) is 6.33. The topological polar surface area (TPSA) is 40.6 Å². The van der Waals surface area contributed by atoms with Crippen LogP contribution in [0, 0.1) is 11.7 Å². The fraction of sp³-hybridized carbons (Fsp3) is 0.556. The normalized spacial score (nSPS) is 16.3. The van der Waals surface area contributed by atoms with Crippen molar-refractivity contribution < 1.29 is 14.0 Å². The van der Waals surface area contributed by atoms with Gasteiger partial charge in [0.05, 0.1) is 0 Å². The first-order chi connectivity index (χ1) is 11.0. The fourth-order valence-corrected chi connectivity index (χ4v) is 2.92. The lowest BCUT2D eigenvalue weighted by Crippen LogP contribution is -2.51. The van der Waals surface area contributed by atoms with Gasteiger partial charge in [-0.25, -0.2) is 4.39 Å². The van der Waals surface area contributed by atoms with Gasteiger partial charge in [-0.2, -0.15) is 0 Å². The zero-order valence-electron chi connectivity index (χ0n) is 13.9. The number of amides is 2. The van der Waals surface area contributed by atoms with Crippen LogP contribution >= 0.6 is 0 Å². The molecule has 4 nitrogen and oxygen atoms in total. The highest BCUT2D eigenvalue weighted by atomic mass is 19.1. The second kappa shape index (κ2) is 8.09. The zero-order chi connectivity index (χ0) is 16.8. The van der Waals surface area contributed by atoms with E-state index in [1.165, 1.54) is 12.1 Å². The van der Waals surface area contributed by atoms with E-state index >= 15 is 0 Å². The molecule has 1 aliphatic heterocycles. The standard InChI is InChI=1S/C18H25FN2O2/c1-3-4-17(22)20-9-11-21(12-10-20)18(23)14(2)13-15-5-7-16(19)8-6-15/h5-8,14H,3-4,9-13H2,1-2H3. The smallest absolute Gasteiger partial charge is 0.225 e. The van der Waals surface area contributed by atoms with Crippen molar-refractivity contribution in [2.45, 2.75) is 33.1 Å².